The molecule has 20 heavy (non-hydrogen) atoms. The van der Waals surface area contributed by atoms with Crippen molar-refractivity contribution in [3.05, 3.63) is 42.9 Å². The summed E-state index contributed by atoms with van der Waals surface area (Å²) in [6.45, 7) is 1.20. The lowest BCUT2D eigenvalue weighted by molar-refractivity contribution is 0.534. The summed E-state index contributed by atoms with van der Waals surface area (Å²) in [4.78, 5) is 13.4. The third-order valence-electron chi connectivity index (χ3n) is 3.19. The second-order valence-corrected chi connectivity index (χ2v) is 7.06. The summed E-state index contributed by atoms with van der Waals surface area (Å²) >= 11 is 13.4. The Morgan fingerprint density at radius 1 is 1.40 bits per heavy atom. The van der Waals surface area contributed by atoms with E-state index in [2.05, 4.69) is 10.4 Å². The van der Waals surface area contributed by atoms with Crippen molar-refractivity contribution < 1.29 is 0 Å². The fourth-order valence-corrected chi connectivity index (χ4v) is 3.14. The van der Waals surface area contributed by atoms with Gasteiger partial charge in [0.25, 0.3) is 5.56 Å². The first kappa shape index (κ1) is 13.9. The SMILES string of the molecule is O=c1c(NCc2ccc(Cl)s2)c(Cl)cnn1CC1CC1. The van der Waals surface area contributed by atoms with Crippen LogP contribution in [0, 0.1) is 5.92 Å². The van der Waals surface area contributed by atoms with Gasteiger partial charge in [0.15, 0.2) is 0 Å². The van der Waals surface area contributed by atoms with Crippen LogP contribution in [0.5, 0.6) is 0 Å². The average molecular weight is 330 g/mol. The van der Waals surface area contributed by atoms with Crippen molar-refractivity contribution in [1.82, 2.24) is 9.78 Å². The summed E-state index contributed by atoms with van der Waals surface area (Å²) < 4.78 is 2.22. The second-order valence-electron chi connectivity index (χ2n) is 4.86. The Hall–Kier alpha value is -1.04. The van der Waals surface area contributed by atoms with Gasteiger partial charge in [0.1, 0.15) is 5.69 Å². The first-order chi connectivity index (χ1) is 9.63. The number of hydrogen-bond acceptors (Lipinski definition) is 4. The summed E-state index contributed by atoms with van der Waals surface area (Å²) in [7, 11) is 0. The summed E-state index contributed by atoms with van der Waals surface area (Å²) in [5.41, 5.74) is 0.249. The number of halogens is 2. The standard InChI is InChI=1S/C13H13Cl2N3OS/c14-10-6-17-18(7-8-1-2-8)13(19)12(10)16-5-9-3-4-11(15)20-9/h3-4,6,8,16H,1-2,5,7H2. The molecule has 1 aliphatic carbocycles. The molecule has 0 aromatic carbocycles. The van der Waals surface area contributed by atoms with Crippen molar-refractivity contribution in [3.8, 4) is 0 Å². The zero-order chi connectivity index (χ0) is 14.1. The van der Waals surface area contributed by atoms with E-state index in [0.717, 1.165) is 9.21 Å². The Balaban J connectivity index is 1.78. The van der Waals surface area contributed by atoms with Gasteiger partial charge in [0, 0.05) is 18.0 Å². The monoisotopic (exact) mass is 329 g/mol. The summed E-state index contributed by atoms with van der Waals surface area (Å²) in [6, 6.07) is 3.76. The summed E-state index contributed by atoms with van der Waals surface area (Å²) in [5.74, 6) is 0.588. The number of hydrogen-bond donors (Lipinski definition) is 1. The van der Waals surface area contributed by atoms with E-state index in [4.69, 9.17) is 23.2 Å². The minimum Gasteiger partial charge on any atom is -0.374 e. The van der Waals surface area contributed by atoms with Gasteiger partial charge in [-0.05, 0) is 30.9 Å². The molecule has 0 radical (unpaired) electrons. The maximum Gasteiger partial charge on any atom is 0.291 e. The molecule has 0 saturated heterocycles. The van der Waals surface area contributed by atoms with E-state index in [1.807, 2.05) is 12.1 Å². The molecule has 0 bridgehead atoms. The Kier molecular flexibility index (Phi) is 4.01. The first-order valence-corrected chi connectivity index (χ1v) is 7.94. The average Bonchev–Trinajstić information content (AvgIpc) is 3.14. The normalized spacial score (nSPS) is 14.5. The maximum absolute atomic E-state index is 12.3. The highest BCUT2D eigenvalue weighted by Crippen LogP contribution is 2.30. The Morgan fingerprint density at radius 3 is 2.85 bits per heavy atom. The van der Waals surface area contributed by atoms with Crippen molar-refractivity contribution in [1.29, 1.82) is 0 Å². The van der Waals surface area contributed by atoms with E-state index in [1.54, 1.807) is 0 Å². The van der Waals surface area contributed by atoms with Gasteiger partial charge in [-0.1, -0.05) is 23.2 Å². The van der Waals surface area contributed by atoms with E-state index >= 15 is 0 Å². The molecule has 4 nitrogen and oxygen atoms in total. The highest BCUT2D eigenvalue weighted by molar-refractivity contribution is 7.16. The predicted octanol–water partition coefficient (Wildman–Crippen LogP) is 3.63. The number of thiophene rings is 1. The summed E-state index contributed by atoms with van der Waals surface area (Å²) in [6.07, 6.45) is 3.87. The van der Waals surface area contributed by atoms with Crippen molar-refractivity contribution in [3.63, 3.8) is 0 Å². The molecule has 0 amide bonds. The van der Waals surface area contributed by atoms with Crippen LogP contribution in [0.3, 0.4) is 0 Å². The van der Waals surface area contributed by atoms with Crippen molar-refractivity contribution in [2.45, 2.75) is 25.9 Å². The van der Waals surface area contributed by atoms with Crippen LogP contribution in [0.1, 0.15) is 17.7 Å². The van der Waals surface area contributed by atoms with Gasteiger partial charge < -0.3 is 5.32 Å². The molecule has 2 heterocycles. The smallest absolute Gasteiger partial charge is 0.291 e. The molecule has 0 spiro atoms. The molecule has 1 saturated carbocycles. The molecular weight excluding hydrogens is 317 g/mol. The van der Waals surface area contributed by atoms with Gasteiger partial charge in [-0.25, -0.2) is 4.68 Å². The Morgan fingerprint density at radius 2 is 2.20 bits per heavy atom. The molecule has 0 aliphatic heterocycles. The van der Waals surface area contributed by atoms with E-state index in [1.165, 1.54) is 35.1 Å². The number of nitrogens with zero attached hydrogens (tertiary/aromatic N) is 2. The molecule has 2 aromatic rings. The van der Waals surface area contributed by atoms with Crippen LogP contribution in [0.4, 0.5) is 5.69 Å². The maximum atomic E-state index is 12.3. The van der Waals surface area contributed by atoms with E-state index in [-0.39, 0.29) is 5.56 Å². The first-order valence-electron chi connectivity index (χ1n) is 6.37. The molecule has 0 unspecified atom stereocenters. The van der Waals surface area contributed by atoms with Gasteiger partial charge in [-0.15, -0.1) is 11.3 Å². The van der Waals surface area contributed by atoms with Crippen LogP contribution in [-0.2, 0) is 13.1 Å². The second kappa shape index (κ2) is 5.76. The minimum atomic E-state index is -0.160. The van der Waals surface area contributed by atoms with Crippen LogP contribution in [0.15, 0.2) is 23.1 Å². The van der Waals surface area contributed by atoms with Crippen molar-refractivity contribution in [2.24, 2.45) is 5.92 Å². The minimum absolute atomic E-state index is 0.160. The molecule has 7 heteroatoms. The van der Waals surface area contributed by atoms with Gasteiger partial charge in [-0.3, -0.25) is 4.79 Å². The molecule has 1 N–H and O–H groups in total. The molecule has 0 atom stereocenters. The van der Waals surface area contributed by atoms with Crippen LogP contribution in [-0.4, -0.2) is 9.78 Å². The molecular formula is C13H13Cl2N3OS. The van der Waals surface area contributed by atoms with Crippen LogP contribution in [0.2, 0.25) is 9.36 Å². The lowest BCUT2D eigenvalue weighted by Gasteiger charge is -2.09. The highest BCUT2D eigenvalue weighted by atomic mass is 35.5. The molecule has 106 valence electrons. The predicted molar refractivity (Wildman–Crippen MR) is 82.9 cm³/mol. The molecule has 3 rings (SSSR count). The molecule has 1 fully saturated rings. The fraction of sp³-hybridized carbons (Fsp3) is 0.385. The number of rotatable bonds is 5. The largest absolute Gasteiger partial charge is 0.374 e. The zero-order valence-electron chi connectivity index (χ0n) is 10.6. The Bertz CT molecular complexity index is 678. The van der Waals surface area contributed by atoms with E-state index in [0.29, 0.717) is 29.7 Å². The summed E-state index contributed by atoms with van der Waals surface area (Å²) in [5, 5.41) is 7.53. The van der Waals surface area contributed by atoms with Crippen molar-refractivity contribution in [2.75, 3.05) is 5.32 Å². The van der Waals surface area contributed by atoms with E-state index < -0.39 is 0 Å². The van der Waals surface area contributed by atoms with Crippen molar-refractivity contribution >= 4 is 40.2 Å². The lowest BCUT2D eigenvalue weighted by atomic mass is 10.4. The highest BCUT2D eigenvalue weighted by Gasteiger charge is 2.23. The quantitative estimate of drug-likeness (QED) is 0.911. The van der Waals surface area contributed by atoms with Gasteiger partial charge in [-0.2, -0.15) is 5.10 Å². The van der Waals surface area contributed by atoms with Crippen LogP contribution >= 0.6 is 34.5 Å². The molecule has 2 aromatic heterocycles. The van der Waals surface area contributed by atoms with E-state index in [9.17, 15) is 4.79 Å². The third kappa shape index (κ3) is 3.16. The number of nitrogens with one attached hydrogen (secondary N) is 1. The van der Waals surface area contributed by atoms with Gasteiger partial charge in [0.05, 0.1) is 15.6 Å². The number of anilines is 1. The number of aromatic nitrogens is 2. The lowest BCUT2D eigenvalue weighted by Crippen LogP contribution is -2.26. The van der Waals surface area contributed by atoms with Gasteiger partial charge >= 0.3 is 0 Å². The third-order valence-corrected chi connectivity index (χ3v) is 4.71. The fourth-order valence-electron chi connectivity index (χ4n) is 1.93. The van der Waals surface area contributed by atoms with Crippen LogP contribution in [0.25, 0.3) is 0 Å². The van der Waals surface area contributed by atoms with Crippen LogP contribution < -0.4 is 10.9 Å². The zero-order valence-corrected chi connectivity index (χ0v) is 12.9. The Labute approximate surface area is 130 Å². The van der Waals surface area contributed by atoms with Gasteiger partial charge in [0.2, 0.25) is 0 Å². The molecule has 1 aliphatic rings. The topological polar surface area (TPSA) is 46.9 Å².